The van der Waals surface area contributed by atoms with E-state index in [1.54, 1.807) is 43.7 Å². The number of anilines is 1. The molecule has 2 atom stereocenters. The van der Waals surface area contributed by atoms with Gasteiger partial charge in [-0.1, -0.05) is 12.1 Å². The van der Waals surface area contributed by atoms with Crippen molar-refractivity contribution < 1.29 is 4.39 Å². The number of benzene rings is 1. The van der Waals surface area contributed by atoms with Crippen molar-refractivity contribution in [2.75, 3.05) is 24.5 Å². The summed E-state index contributed by atoms with van der Waals surface area (Å²) in [6.07, 6.45) is 4.99. The molecule has 10 heteroatoms. The Morgan fingerprint density at radius 2 is 1.76 bits per heavy atom. The Morgan fingerprint density at radius 1 is 1.03 bits per heavy atom. The Labute approximate surface area is 212 Å². The number of hydrogen-bond donors (Lipinski definition) is 0. The Balaban J connectivity index is 1.56. The third-order valence-corrected chi connectivity index (χ3v) is 6.85. The van der Waals surface area contributed by atoms with E-state index in [1.165, 1.54) is 23.0 Å². The van der Waals surface area contributed by atoms with Gasteiger partial charge in [0, 0.05) is 50.7 Å². The molecule has 9 nitrogen and oxygen atoms in total. The lowest BCUT2D eigenvalue weighted by Gasteiger charge is -2.45. The first-order valence-electron chi connectivity index (χ1n) is 11.8. The number of aryl methyl sites for hydroxylation is 1. The van der Waals surface area contributed by atoms with Crippen LogP contribution < -0.4 is 10.5 Å². The molecule has 184 valence electrons. The first kappa shape index (κ1) is 24.0. The van der Waals surface area contributed by atoms with Gasteiger partial charge < -0.3 is 9.47 Å². The van der Waals surface area contributed by atoms with Crippen LogP contribution in [0.1, 0.15) is 35.3 Å². The number of nitriles is 2. The number of hydrogen-bond acceptors (Lipinski definition) is 8. The molecule has 0 spiro atoms. The monoisotopic (exact) mass is 494 g/mol. The zero-order valence-corrected chi connectivity index (χ0v) is 20.3. The van der Waals surface area contributed by atoms with Crippen molar-refractivity contribution in [2.45, 2.75) is 19.0 Å². The standard InChI is InChI=1S/C27H23FN8O/c1-17-15-35(26-22(12-30)27(37)34(2)23-8-7-21(11-29)33-24(23)26)9-10-36(17)25(19-13-31-16-32-14-19)18-3-5-20(28)6-4-18/h3-8,13-14,16-17,25H,9-10,15H2,1-2H3/t17-,25?/m1/s1. The predicted octanol–water partition coefficient (Wildman–Crippen LogP) is 2.91. The van der Waals surface area contributed by atoms with Gasteiger partial charge in [-0.25, -0.2) is 19.3 Å². The van der Waals surface area contributed by atoms with Gasteiger partial charge in [-0.15, -0.1) is 0 Å². The molecule has 0 N–H and O–H groups in total. The lowest BCUT2D eigenvalue weighted by Crippen LogP contribution is -2.53. The van der Waals surface area contributed by atoms with Gasteiger partial charge in [0.1, 0.15) is 41.1 Å². The molecule has 0 radical (unpaired) electrons. The number of fused-ring (bicyclic) bond motifs is 1. The van der Waals surface area contributed by atoms with E-state index < -0.39 is 5.56 Å². The van der Waals surface area contributed by atoms with Crippen LogP contribution in [-0.2, 0) is 7.05 Å². The van der Waals surface area contributed by atoms with Crippen molar-refractivity contribution >= 4 is 16.7 Å². The Bertz CT molecular complexity index is 1610. The first-order chi connectivity index (χ1) is 17.9. The van der Waals surface area contributed by atoms with Crippen molar-refractivity contribution in [3.8, 4) is 12.1 Å². The van der Waals surface area contributed by atoms with Crippen LogP contribution in [0.5, 0.6) is 0 Å². The van der Waals surface area contributed by atoms with Crippen molar-refractivity contribution in [1.82, 2.24) is 24.4 Å². The van der Waals surface area contributed by atoms with Crippen molar-refractivity contribution in [1.29, 1.82) is 10.5 Å². The number of aromatic nitrogens is 4. The molecule has 4 aromatic rings. The molecule has 1 fully saturated rings. The second-order valence-corrected chi connectivity index (χ2v) is 9.03. The SMILES string of the molecule is C[C@@H]1CN(c2c(C#N)c(=O)n(C)c3ccc(C#N)nc23)CCN1C(c1ccc(F)cc1)c1cncnc1. The lowest BCUT2D eigenvalue weighted by molar-refractivity contribution is 0.149. The van der Waals surface area contributed by atoms with Gasteiger partial charge in [0.25, 0.3) is 5.56 Å². The fraction of sp³-hybridized carbons (Fsp3) is 0.259. The van der Waals surface area contributed by atoms with E-state index in [1.807, 2.05) is 11.0 Å². The highest BCUT2D eigenvalue weighted by Gasteiger charge is 2.34. The number of pyridine rings is 2. The number of nitrogens with zero attached hydrogens (tertiary/aromatic N) is 8. The quantitative estimate of drug-likeness (QED) is 0.425. The second kappa shape index (κ2) is 9.76. The van der Waals surface area contributed by atoms with E-state index in [9.17, 15) is 19.7 Å². The summed E-state index contributed by atoms with van der Waals surface area (Å²) >= 11 is 0. The average molecular weight is 495 g/mol. The molecule has 0 saturated carbocycles. The summed E-state index contributed by atoms with van der Waals surface area (Å²) in [6.45, 7) is 3.65. The summed E-state index contributed by atoms with van der Waals surface area (Å²) < 4.78 is 15.1. The second-order valence-electron chi connectivity index (χ2n) is 9.03. The third kappa shape index (κ3) is 4.28. The predicted molar refractivity (Wildman–Crippen MR) is 135 cm³/mol. The maximum Gasteiger partial charge on any atom is 0.270 e. The van der Waals surface area contributed by atoms with Crippen LogP contribution >= 0.6 is 0 Å². The molecule has 1 aromatic carbocycles. The molecule has 1 aliphatic heterocycles. The fourth-order valence-corrected chi connectivity index (χ4v) is 5.10. The molecule has 0 aliphatic carbocycles. The van der Waals surface area contributed by atoms with E-state index in [-0.39, 0.29) is 29.2 Å². The summed E-state index contributed by atoms with van der Waals surface area (Å²) in [6, 6.07) is 13.5. The molecule has 0 amide bonds. The van der Waals surface area contributed by atoms with Gasteiger partial charge in [0.05, 0.1) is 17.2 Å². The van der Waals surface area contributed by atoms with Crippen molar-refractivity contribution in [3.63, 3.8) is 0 Å². The normalized spacial score (nSPS) is 16.8. The van der Waals surface area contributed by atoms with E-state index in [0.717, 1.165) is 11.1 Å². The van der Waals surface area contributed by atoms with Crippen LogP contribution in [0.2, 0.25) is 0 Å². The van der Waals surface area contributed by atoms with E-state index >= 15 is 0 Å². The molecule has 1 saturated heterocycles. The van der Waals surface area contributed by atoms with Crippen LogP contribution in [0.25, 0.3) is 11.0 Å². The summed E-state index contributed by atoms with van der Waals surface area (Å²) in [4.78, 5) is 30.2. The van der Waals surface area contributed by atoms with E-state index in [4.69, 9.17) is 0 Å². The topological polar surface area (TPSA) is 115 Å². The maximum absolute atomic E-state index is 13.7. The van der Waals surface area contributed by atoms with Gasteiger partial charge in [-0.2, -0.15) is 10.5 Å². The van der Waals surface area contributed by atoms with E-state index in [2.05, 4.69) is 32.8 Å². The summed E-state index contributed by atoms with van der Waals surface area (Å²) in [5.74, 6) is -0.310. The zero-order chi connectivity index (χ0) is 26.1. The smallest absolute Gasteiger partial charge is 0.270 e. The van der Waals surface area contributed by atoms with Crippen molar-refractivity contribution in [2.24, 2.45) is 7.05 Å². The summed E-state index contributed by atoms with van der Waals surface area (Å²) in [5.41, 5.74) is 3.06. The Morgan fingerprint density at radius 3 is 2.41 bits per heavy atom. The van der Waals surface area contributed by atoms with Crippen LogP contribution in [0, 0.1) is 28.5 Å². The van der Waals surface area contributed by atoms with Gasteiger partial charge in [-0.3, -0.25) is 9.69 Å². The lowest BCUT2D eigenvalue weighted by atomic mass is 9.96. The summed E-state index contributed by atoms with van der Waals surface area (Å²) in [5, 5.41) is 19.3. The average Bonchev–Trinajstić information content (AvgIpc) is 2.93. The molecule has 3 aromatic heterocycles. The van der Waals surface area contributed by atoms with Gasteiger partial charge in [0.15, 0.2) is 0 Å². The minimum atomic E-state index is -0.405. The fourth-order valence-electron chi connectivity index (χ4n) is 5.10. The van der Waals surface area contributed by atoms with Gasteiger partial charge in [-0.05, 0) is 36.8 Å². The maximum atomic E-state index is 13.7. The van der Waals surface area contributed by atoms with Crippen molar-refractivity contribution in [3.05, 3.63) is 93.7 Å². The highest BCUT2D eigenvalue weighted by Crippen LogP contribution is 2.34. The minimum Gasteiger partial charge on any atom is -0.366 e. The van der Waals surface area contributed by atoms with Gasteiger partial charge >= 0.3 is 0 Å². The Hall–Kier alpha value is -4.67. The highest BCUT2D eigenvalue weighted by molar-refractivity contribution is 5.92. The number of piperazine rings is 1. The first-order valence-corrected chi connectivity index (χ1v) is 11.8. The molecule has 5 rings (SSSR count). The molecule has 4 heterocycles. The number of halogens is 1. The highest BCUT2D eigenvalue weighted by atomic mass is 19.1. The van der Waals surface area contributed by atoms with Gasteiger partial charge in [0.2, 0.25) is 0 Å². The molecule has 37 heavy (non-hydrogen) atoms. The minimum absolute atomic E-state index is 0.00443. The Kier molecular flexibility index (Phi) is 6.34. The largest absolute Gasteiger partial charge is 0.366 e. The van der Waals surface area contributed by atoms with Crippen LogP contribution in [0.15, 0.2) is 59.9 Å². The summed E-state index contributed by atoms with van der Waals surface area (Å²) in [7, 11) is 1.60. The van der Waals surface area contributed by atoms with Crippen LogP contribution in [0.4, 0.5) is 10.1 Å². The third-order valence-electron chi connectivity index (χ3n) is 6.85. The van der Waals surface area contributed by atoms with E-state index in [0.29, 0.717) is 36.4 Å². The number of rotatable bonds is 4. The van der Waals surface area contributed by atoms with Crippen LogP contribution in [-0.4, -0.2) is 50.1 Å². The zero-order valence-electron chi connectivity index (χ0n) is 20.3. The molecule has 1 unspecified atom stereocenters. The molecule has 0 bridgehead atoms. The molecular formula is C27H23FN8O. The van der Waals surface area contributed by atoms with Crippen LogP contribution in [0.3, 0.4) is 0 Å². The molecule has 1 aliphatic rings. The molecular weight excluding hydrogens is 471 g/mol.